The summed E-state index contributed by atoms with van der Waals surface area (Å²) in [6, 6.07) is 20.1. The van der Waals surface area contributed by atoms with Gasteiger partial charge in [0, 0.05) is 23.9 Å². The van der Waals surface area contributed by atoms with Gasteiger partial charge in [0.2, 0.25) is 5.91 Å². The molecule has 0 fully saturated rings. The molecule has 3 N–H and O–H groups in total. The Bertz CT molecular complexity index is 1210. The van der Waals surface area contributed by atoms with E-state index in [1.54, 1.807) is 12.1 Å². The molecule has 0 aliphatic heterocycles. The fourth-order valence-corrected chi connectivity index (χ4v) is 3.69. The number of aromatic nitrogens is 2. The lowest BCUT2D eigenvalue weighted by Gasteiger charge is -2.09. The molecule has 0 atom stereocenters. The number of carbonyl (C=O) groups excluding carboxylic acids is 1. The molecule has 4 rings (SSSR count). The van der Waals surface area contributed by atoms with Crippen molar-refractivity contribution in [2.24, 2.45) is 11.7 Å². The monoisotopic (exact) mass is 412 g/mol. The molecule has 2 heterocycles. The molecule has 0 spiro atoms. The van der Waals surface area contributed by atoms with Gasteiger partial charge in [-0.05, 0) is 65.9 Å². The van der Waals surface area contributed by atoms with Crippen molar-refractivity contribution in [1.29, 1.82) is 0 Å². The largest absolute Gasteiger partial charge is 0.366 e. The van der Waals surface area contributed by atoms with Crippen molar-refractivity contribution in [2.75, 3.05) is 6.54 Å². The molecule has 1 amide bonds. The Morgan fingerprint density at radius 2 is 1.81 bits per heavy atom. The number of hydrogen-bond donors (Lipinski definition) is 2. The third kappa shape index (κ3) is 4.84. The van der Waals surface area contributed by atoms with Crippen LogP contribution in [0, 0.1) is 5.92 Å². The average Bonchev–Trinajstić information content (AvgIpc) is 3.20. The van der Waals surface area contributed by atoms with E-state index in [0.717, 1.165) is 35.6 Å². The first-order valence-corrected chi connectivity index (χ1v) is 10.7. The zero-order chi connectivity index (χ0) is 21.8. The Labute approximate surface area is 182 Å². The summed E-state index contributed by atoms with van der Waals surface area (Å²) in [5.74, 6) is 0.278. The molecule has 4 aromatic rings. The van der Waals surface area contributed by atoms with Crippen LogP contribution in [0.2, 0.25) is 0 Å². The number of carbonyl (C=O) groups is 1. The van der Waals surface area contributed by atoms with E-state index in [-0.39, 0.29) is 0 Å². The number of nitrogens with one attached hydrogen (secondary N) is 1. The molecule has 0 saturated heterocycles. The van der Waals surface area contributed by atoms with Crippen molar-refractivity contribution < 1.29 is 4.79 Å². The predicted octanol–water partition coefficient (Wildman–Crippen LogP) is 4.90. The van der Waals surface area contributed by atoms with E-state index in [2.05, 4.69) is 60.5 Å². The minimum absolute atomic E-state index is 0.434. The van der Waals surface area contributed by atoms with Crippen LogP contribution >= 0.6 is 0 Å². The van der Waals surface area contributed by atoms with Crippen LogP contribution in [0.4, 0.5) is 0 Å². The van der Waals surface area contributed by atoms with E-state index in [0.29, 0.717) is 11.5 Å². The van der Waals surface area contributed by atoms with Gasteiger partial charge in [0.05, 0.1) is 11.9 Å². The van der Waals surface area contributed by atoms with Crippen LogP contribution in [-0.4, -0.2) is 21.8 Å². The molecule has 0 aliphatic rings. The van der Waals surface area contributed by atoms with Gasteiger partial charge >= 0.3 is 0 Å². The molecular formula is C26H28N4O. The van der Waals surface area contributed by atoms with Crippen LogP contribution in [-0.2, 0) is 6.54 Å². The second-order valence-electron chi connectivity index (χ2n) is 8.29. The van der Waals surface area contributed by atoms with Gasteiger partial charge in [-0.1, -0.05) is 44.2 Å². The number of imidazole rings is 1. The number of benzene rings is 2. The molecule has 31 heavy (non-hydrogen) atoms. The van der Waals surface area contributed by atoms with Crippen LogP contribution in [0.15, 0.2) is 73.1 Å². The second kappa shape index (κ2) is 9.14. The highest BCUT2D eigenvalue weighted by Gasteiger charge is 2.10. The highest BCUT2D eigenvalue weighted by molar-refractivity contribution is 5.94. The van der Waals surface area contributed by atoms with Gasteiger partial charge < -0.3 is 11.1 Å². The number of nitrogens with zero attached hydrogens (tertiary/aromatic N) is 2. The van der Waals surface area contributed by atoms with Crippen LogP contribution in [0.5, 0.6) is 0 Å². The molecule has 5 heteroatoms. The first-order chi connectivity index (χ1) is 15.0. The van der Waals surface area contributed by atoms with E-state index in [1.807, 2.05) is 28.9 Å². The second-order valence-corrected chi connectivity index (χ2v) is 8.29. The maximum Gasteiger partial charge on any atom is 0.248 e. The number of hydrogen-bond acceptors (Lipinski definition) is 3. The van der Waals surface area contributed by atoms with Crippen molar-refractivity contribution in [2.45, 2.75) is 26.8 Å². The van der Waals surface area contributed by atoms with Crippen molar-refractivity contribution in [1.82, 2.24) is 14.7 Å². The number of primary amides is 1. The smallest absolute Gasteiger partial charge is 0.248 e. The minimum atomic E-state index is -0.434. The Balaban J connectivity index is 1.58. The van der Waals surface area contributed by atoms with E-state index in [9.17, 15) is 4.79 Å². The first kappa shape index (κ1) is 20.8. The summed E-state index contributed by atoms with van der Waals surface area (Å²) >= 11 is 0. The summed E-state index contributed by atoms with van der Waals surface area (Å²) in [4.78, 5) is 16.1. The van der Waals surface area contributed by atoms with Crippen LogP contribution < -0.4 is 11.1 Å². The maximum absolute atomic E-state index is 11.5. The standard InChI is InChI=1S/C26H28N4O/c1-18(2)9-11-28-16-19-5-3-6-20(13-19)21-10-12-30-24(17-29-25(30)15-21)22-7-4-8-23(14-22)26(27)31/h3-8,10,12-15,17-18,28H,9,11,16H2,1-2H3,(H2,27,31). The van der Waals surface area contributed by atoms with Gasteiger partial charge in [-0.3, -0.25) is 9.20 Å². The predicted molar refractivity (Wildman–Crippen MR) is 126 cm³/mol. The summed E-state index contributed by atoms with van der Waals surface area (Å²) in [5.41, 5.74) is 12.2. The summed E-state index contributed by atoms with van der Waals surface area (Å²) in [5, 5.41) is 3.53. The maximum atomic E-state index is 11.5. The molecule has 0 radical (unpaired) electrons. The zero-order valence-electron chi connectivity index (χ0n) is 18.0. The SMILES string of the molecule is CC(C)CCNCc1cccc(-c2ccn3c(-c4cccc(C(N)=O)c4)cnc3c2)c1. The van der Waals surface area contributed by atoms with E-state index in [1.165, 1.54) is 17.5 Å². The summed E-state index contributed by atoms with van der Waals surface area (Å²) in [6.45, 7) is 6.38. The third-order valence-electron chi connectivity index (χ3n) is 5.44. The van der Waals surface area contributed by atoms with Crippen molar-refractivity contribution in [3.8, 4) is 22.4 Å². The van der Waals surface area contributed by atoms with Crippen molar-refractivity contribution in [3.05, 3.63) is 84.2 Å². The quantitative estimate of drug-likeness (QED) is 0.404. The first-order valence-electron chi connectivity index (χ1n) is 10.7. The van der Waals surface area contributed by atoms with Gasteiger partial charge in [-0.25, -0.2) is 4.98 Å². The molecule has 158 valence electrons. The lowest BCUT2D eigenvalue weighted by molar-refractivity contribution is 0.100. The molecule has 0 saturated carbocycles. The number of pyridine rings is 1. The van der Waals surface area contributed by atoms with Crippen molar-refractivity contribution in [3.63, 3.8) is 0 Å². The zero-order valence-corrected chi connectivity index (χ0v) is 18.0. The average molecular weight is 413 g/mol. The molecule has 0 unspecified atom stereocenters. The van der Waals surface area contributed by atoms with Crippen LogP contribution in [0.25, 0.3) is 28.0 Å². The molecular weight excluding hydrogens is 384 g/mol. The van der Waals surface area contributed by atoms with Gasteiger partial charge in [0.25, 0.3) is 0 Å². The summed E-state index contributed by atoms with van der Waals surface area (Å²) in [6.07, 6.45) is 5.03. The fraction of sp³-hybridized carbons (Fsp3) is 0.231. The van der Waals surface area contributed by atoms with E-state index < -0.39 is 5.91 Å². The van der Waals surface area contributed by atoms with Gasteiger partial charge in [-0.15, -0.1) is 0 Å². The molecule has 2 aromatic carbocycles. The number of rotatable bonds is 8. The Morgan fingerprint density at radius 1 is 1.03 bits per heavy atom. The number of amides is 1. The minimum Gasteiger partial charge on any atom is -0.366 e. The Kier molecular flexibility index (Phi) is 6.14. The molecule has 2 aromatic heterocycles. The summed E-state index contributed by atoms with van der Waals surface area (Å²) < 4.78 is 2.03. The van der Waals surface area contributed by atoms with E-state index >= 15 is 0 Å². The number of fused-ring (bicyclic) bond motifs is 1. The van der Waals surface area contributed by atoms with Gasteiger partial charge in [-0.2, -0.15) is 0 Å². The van der Waals surface area contributed by atoms with Crippen LogP contribution in [0.1, 0.15) is 36.2 Å². The third-order valence-corrected chi connectivity index (χ3v) is 5.44. The highest BCUT2D eigenvalue weighted by Crippen LogP contribution is 2.26. The lowest BCUT2D eigenvalue weighted by Crippen LogP contribution is -2.16. The Morgan fingerprint density at radius 3 is 2.61 bits per heavy atom. The van der Waals surface area contributed by atoms with Gasteiger partial charge in [0.1, 0.15) is 5.65 Å². The summed E-state index contributed by atoms with van der Waals surface area (Å²) in [7, 11) is 0. The molecule has 0 aliphatic carbocycles. The van der Waals surface area contributed by atoms with Crippen LogP contribution in [0.3, 0.4) is 0 Å². The normalized spacial score (nSPS) is 11.3. The van der Waals surface area contributed by atoms with E-state index in [4.69, 9.17) is 5.73 Å². The highest BCUT2D eigenvalue weighted by atomic mass is 16.1. The topological polar surface area (TPSA) is 72.4 Å². The molecule has 0 bridgehead atoms. The fourth-order valence-electron chi connectivity index (χ4n) is 3.69. The number of nitrogens with two attached hydrogens (primary N) is 1. The van der Waals surface area contributed by atoms with Crippen molar-refractivity contribution >= 4 is 11.6 Å². The molecule has 5 nitrogen and oxygen atoms in total. The lowest BCUT2D eigenvalue weighted by atomic mass is 10.0. The van der Waals surface area contributed by atoms with Gasteiger partial charge in [0.15, 0.2) is 0 Å². The Hall–Kier alpha value is -3.44.